The molecule has 1 aliphatic heterocycles. The topological polar surface area (TPSA) is 81.8 Å². The molecule has 0 saturated carbocycles. The summed E-state index contributed by atoms with van der Waals surface area (Å²) < 4.78 is 0. The summed E-state index contributed by atoms with van der Waals surface area (Å²) >= 11 is 0. The lowest BCUT2D eigenvalue weighted by Gasteiger charge is -2.32. The number of nitrogens with zero attached hydrogens (tertiary/aromatic N) is 2. The standard InChI is InChI=1S/C19H28N4O3/c1-13(2)19(26)23-10-8-14(9-11-23)17(24)20-21-18(25)15-6-5-7-16(12-15)22(3)4/h5-7,12-14H,8-11H2,1-4H3,(H,20,24)(H,21,25). The number of amides is 3. The SMILES string of the molecule is CC(C)C(=O)N1CCC(C(=O)NNC(=O)c2cccc(N(C)C)c2)CC1. The third kappa shape index (κ3) is 4.97. The largest absolute Gasteiger partial charge is 0.378 e. The van der Waals surface area contributed by atoms with Crippen LogP contribution in [0, 0.1) is 11.8 Å². The van der Waals surface area contributed by atoms with Gasteiger partial charge in [0.25, 0.3) is 5.91 Å². The van der Waals surface area contributed by atoms with Crippen LogP contribution >= 0.6 is 0 Å². The summed E-state index contributed by atoms with van der Waals surface area (Å²) in [6.45, 7) is 4.91. The van der Waals surface area contributed by atoms with Crippen LogP contribution in [0.3, 0.4) is 0 Å². The second kappa shape index (κ2) is 8.69. The molecule has 1 aromatic carbocycles. The number of benzene rings is 1. The zero-order chi connectivity index (χ0) is 19.3. The maximum Gasteiger partial charge on any atom is 0.269 e. The number of hydrogen-bond donors (Lipinski definition) is 2. The average molecular weight is 360 g/mol. The van der Waals surface area contributed by atoms with Crippen LogP contribution in [-0.4, -0.2) is 49.8 Å². The Kier molecular flexibility index (Phi) is 6.60. The Morgan fingerprint density at radius 1 is 1.12 bits per heavy atom. The van der Waals surface area contributed by atoms with Gasteiger partial charge < -0.3 is 9.80 Å². The van der Waals surface area contributed by atoms with Gasteiger partial charge in [-0.2, -0.15) is 0 Å². The molecule has 2 N–H and O–H groups in total. The lowest BCUT2D eigenvalue weighted by atomic mass is 9.95. The Morgan fingerprint density at radius 3 is 2.35 bits per heavy atom. The Hall–Kier alpha value is -2.57. The molecule has 7 heteroatoms. The van der Waals surface area contributed by atoms with Crippen LogP contribution in [0.25, 0.3) is 0 Å². The highest BCUT2D eigenvalue weighted by molar-refractivity contribution is 5.96. The molecule has 0 radical (unpaired) electrons. The molecule has 1 heterocycles. The van der Waals surface area contributed by atoms with Crippen LogP contribution in [0.1, 0.15) is 37.0 Å². The summed E-state index contributed by atoms with van der Waals surface area (Å²) in [5, 5.41) is 0. The zero-order valence-electron chi connectivity index (χ0n) is 15.9. The van der Waals surface area contributed by atoms with Gasteiger partial charge in [-0.15, -0.1) is 0 Å². The van der Waals surface area contributed by atoms with Crippen molar-refractivity contribution in [3.8, 4) is 0 Å². The molecule has 0 bridgehead atoms. The molecule has 142 valence electrons. The van der Waals surface area contributed by atoms with E-state index in [1.807, 2.05) is 38.9 Å². The molecule has 1 fully saturated rings. The van der Waals surface area contributed by atoms with E-state index in [0.717, 1.165) is 5.69 Å². The van der Waals surface area contributed by atoms with Gasteiger partial charge in [0.05, 0.1) is 0 Å². The zero-order valence-corrected chi connectivity index (χ0v) is 15.9. The van der Waals surface area contributed by atoms with Crippen molar-refractivity contribution in [1.82, 2.24) is 15.8 Å². The number of piperidine rings is 1. The van der Waals surface area contributed by atoms with E-state index in [2.05, 4.69) is 10.9 Å². The van der Waals surface area contributed by atoms with Gasteiger partial charge in [-0.05, 0) is 31.0 Å². The Labute approximate surface area is 154 Å². The van der Waals surface area contributed by atoms with E-state index in [0.29, 0.717) is 31.5 Å². The smallest absolute Gasteiger partial charge is 0.269 e. The first-order valence-electron chi connectivity index (χ1n) is 8.96. The van der Waals surface area contributed by atoms with Gasteiger partial charge in [0.1, 0.15) is 0 Å². The highest BCUT2D eigenvalue weighted by Crippen LogP contribution is 2.19. The fourth-order valence-corrected chi connectivity index (χ4v) is 2.95. The molecule has 0 spiro atoms. The van der Waals surface area contributed by atoms with Crippen LogP contribution in [0.2, 0.25) is 0 Å². The van der Waals surface area contributed by atoms with Crippen molar-refractivity contribution < 1.29 is 14.4 Å². The summed E-state index contributed by atoms with van der Waals surface area (Å²) in [5.41, 5.74) is 6.38. The minimum absolute atomic E-state index is 0.0300. The van der Waals surface area contributed by atoms with Gasteiger partial charge in [0.15, 0.2) is 0 Å². The maximum atomic E-state index is 12.3. The third-order valence-electron chi connectivity index (χ3n) is 4.60. The highest BCUT2D eigenvalue weighted by atomic mass is 16.2. The van der Waals surface area contributed by atoms with Crippen LogP contribution in [0.15, 0.2) is 24.3 Å². The predicted molar refractivity (Wildman–Crippen MR) is 101 cm³/mol. The van der Waals surface area contributed by atoms with Crippen LogP contribution in [0.5, 0.6) is 0 Å². The van der Waals surface area contributed by atoms with E-state index in [1.165, 1.54) is 0 Å². The molecule has 1 saturated heterocycles. The highest BCUT2D eigenvalue weighted by Gasteiger charge is 2.28. The first-order chi connectivity index (χ1) is 12.3. The van der Waals surface area contributed by atoms with Crippen molar-refractivity contribution in [3.63, 3.8) is 0 Å². The van der Waals surface area contributed by atoms with Gasteiger partial charge in [-0.1, -0.05) is 19.9 Å². The molecule has 1 aromatic rings. The molecule has 3 amide bonds. The van der Waals surface area contributed by atoms with E-state index in [9.17, 15) is 14.4 Å². The molecule has 2 rings (SSSR count). The first-order valence-corrected chi connectivity index (χ1v) is 8.96. The number of rotatable bonds is 4. The fraction of sp³-hybridized carbons (Fsp3) is 0.526. The van der Waals surface area contributed by atoms with E-state index < -0.39 is 0 Å². The second-order valence-corrected chi connectivity index (χ2v) is 7.14. The monoisotopic (exact) mass is 360 g/mol. The molecule has 0 aliphatic carbocycles. The van der Waals surface area contributed by atoms with Crippen molar-refractivity contribution in [2.75, 3.05) is 32.1 Å². The van der Waals surface area contributed by atoms with Gasteiger partial charge in [0.2, 0.25) is 11.8 Å². The van der Waals surface area contributed by atoms with Crippen molar-refractivity contribution >= 4 is 23.4 Å². The summed E-state index contributed by atoms with van der Waals surface area (Å²) in [7, 11) is 3.80. The lowest BCUT2D eigenvalue weighted by Crippen LogP contribution is -2.48. The third-order valence-corrected chi connectivity index (χ3v) is 4.60. The number of anilines is 1. The average Bonchev–Trinajstić information content (AvgIpc) is 2.65. The van der Waals surface area contributed by atoms with E-state index in [1.54, 1.807) is 23.1 Å². The lowest BCUT2D eigenvalue weighted by molar-refractivity contribution is -0.138. The van der Waals surface area contributed by atoms with Crippen molar-refractivity contribution in [1.29, 1.82) is 0 Å². The number of carbonyl (C=O) groups excluding carboxylic acids is 3. The second-order valence-electron chi connectivity index (χ2n) is 7.14. The van der Waals surface area contributed by atoms with Crippen LogP contribution in [-0.2, 0) is 9.59 Å². The molecule has 0 atom stereocenters. The summed E-state index contributed by atoms with van der Waals surface area (Å²) in [6, 6.07) is 7.16. The van der Waals surface area contributed by atoms with Crippen molar-refractivity contribution in [2.45, 2.75) is 26.7 Å². The Balaban J connectivity index is 1.83. The summed E-state index contributed by atoms with van der Waals surface area (Å²) in [5.74, 6) is -0.664. The predicted octanol–water partition coefficient (Wildman–Crippen LogP) is 1.41. The maximum absolute atomic E-state index is 12.3. The minimum atomic E-state index is -0.352. The van der Waals surface area contributed by atoms with E-state index in [-0.39, 0.29) is 29.6 Å². The summed E-state index contributed by atoms with van der Waals surface area (Å²) in [4.78, 5) is 40.2. The molecule has 7 nitrogen and oxygen atoms in total. The summed E-state index contributed by atoms with van der Waals surface area (Å²) in [6.07, 6.45) is 1.21. The fourth-order valence-electron chi connectivity index (χ4n) is 2.95. The number of carbonyl (C=O) groups is 3. The van der Waals surface area contributed by atoms with Gasteiger partial charge in [-0.3, -0.25) is 25.2 Å². The Morgan fingerprint density at radius 2 is 1.77 bits per heavy atom. The first kappa shape index (κ1) is 19.8. The van der Waals surface area contributed by atoms with Gasteiger partial charge in [-0.25, -0.2) is 0 Å². The Bertz CT molecular complexity index is 665. The molecule has 1 aliphatic rings. The van der Waals surface area contributed by atoms with Gasteiger partial charge in [0, 0.05) is 50.3 Å². The quantitative estimate of drug-likeness (QED) is 0.796. The van der Waals surface area contributed by atoms with Crippen LogP contribution in [0.4, 0.5) is 5.69 Å². The van der Waals surface area contributed by atoms with E-state index >= 15 is 0 Å². The number of hydrogen-bond acceptors (Lipinski definition) is 4. The molecule has 0 aromatic heterocycles. The molecule has 0 unspecified atom stereocenters. The normalized spacial score (nSPS) is 14.9. The number of hydrazine groups is 1. The van der Waals surface area contributed by atoms with Crippen LogP contribution < -0.4 is 15.8 Å². The van der Waals surface area contributed by atoms with E-state index in [4.69, 9.17) is 0 Å². The molecular weight excluding hydrogens is 332 g/mol. The van der Waals surface area contributed by atoms with Crippen molar-refractivity contribution in [3.05, 3.63) is 29.8 Å². The van der Waals surface area contributed by atoms with Gasteiger partial charge >= 0.3 is 0 Å². The number of likely N-dealkylation sites (tertiary alicyclic amines) is 1. The molecule has 26 heavy (non-hydrogen) atoms. The minimum Gasteiger partial charge on any atom is -0.378 e. The molecular formula is C19H28N4O3. The van der Waals surface area contributed by atoms with Crippen molar-refractivity contribution in [2.24, 2.45) is 11.8 Å². The number of nitrogens with one attached hydrogen (secondary N) is 2.